The highest BCUT2D eigenvalue weighted by molar-refractivity contribution is 6.02. The summed E-state index contributed by atoms with van der Waals surface area (Å²) in [6.45, 7) is 1.93. The lowest BCUT2D eigenvalue weighted by atomic mass is 10.1. The van der Waals surface area contributed by atoms with Crippen LogP contribution in [-0.2, 0) is 48.2 Å². The van der Waals surface area contributed by atoms with Gasteiger partial charge in [0.2, 0.25) is 5.91 Å². The van der Waals surface area contributed by atoms with Gasteiger partial charge in [0.1, 0.15) is 25.3 Å². The van der Waals surface area contributed by atoms with Crippen LogP contribution in [0, 0.1) is 0 Å². The molecule has 3 aromatic rings. The molecule has 40 heavy (non-hydrogen) atoms. The lowest BCUT2D eigenvalue weighted by molar-refractivity contribution is -0.148. The second-order valence-corrected chi connectivity index (χ2v) is 9.26. The molecule has 3 aromatic carbocycles. The molecule has 0 fully saturated rings. The van der Waals surface area contributed by atoms with Crippen molar-refractivity contribution in [2.45, 2.75) is 51.5 Å². The quantitative estimate of drug-likeness (QED) is 0.283. The van der Waals surface area contributed by atoms with Crippen LogP contribution in [0.15, 0.2) is 84.9 Å². The lowest BCUT2D eigenvalue weighted by Crippen LogP contribution is -2.46. The van der Waals surface area contributed by atoms with E-state index >= 15 is 0 Å². The van der Waals surface area contributed by atoms with E-state index in [0.29, 0.717) is 12.1 Å². The number of fused-ring (bicyclic) bond motifs is 1. The Bertz CT molecular complexity index is 1310. The summed E-state index contributed by atoms with van der Waals surface area (Å²) < 4.78 is 15.9. The maximum absolute atomic E-state index is 13.5. The maximum atomic E-state index is 13.5. The van der Waals surface area contributed by atoms with E-state index in [2.05, 4.69) is 5.32 Å². The number of carbonyl (C=O) groups excluding carboxylic acids is 4. The van der Waals surface area contributed by atoms with Gasteiger partial charge < -0.3 is 19.5 Å². The SMILES string of the molecule is CCOC(=O)[C@@H]1Cc2ccccc2N1C(=O)CC[C@@H](NC(=O)OCc1ccccc1)C(=O)OCc1ccccc1. The summed E-state index contributed by atoms with van der Waals surface area (Å²) in [6, 6.07) is 23.6. The van der Waals surface area contributed by atoms with Gasteiger partial charge in [-0.15, -0.1) is 0 Å². The number of hydrogen-bond acceptors (Lipinski definition) is 7. The molecule has 2 amide bonds. The summed E-state index contributed by atoms with van der Waals surface area (Å²) in [5, 5.41) is 2.54. The Kier molecular flexibility index (Phi) is 9.88. The van der Waals surface area contributed by atoms with E-state index in [4.69, 9.17) is 14.2 Å². The van der Waals surface area contributed by atoms with Gasteiger partial charge in [-0.2, -0.15) is 0 Å². The highest BCUT2D eigenvalue weighted by Gasteiger charge is 2.39. The molecule has 0 spiro atoms. The van der Waals surface area contributed by atoms with Crippen LogP contribution in [-0.4, -0.2) is 42.6 Å². The Morgan fingerprint density at radius 1 is 0.825 bits per heavy atom. The first-order valence-corrected chi connectivity index (χ1v) is 13.2. The Hall–Kier alpha value is -4.66. The van der Waals surface area contributed by atoms with Crippen LogP contribution >= 0.6 is 0 Å². The van der Waals surface area contributed by atoms with Crippen LogP contribution in [0.1, 0.15) is 36.5 Å². The first-order chi connectivity index (χ1) is 19.5. The van der Waals surface area contributed by atoms with Gasteiger partial charge in [0.15, 0.2) is 0 Å². The molecule has 208 valence electrons. The number of rotatable bonds is 11. The van der Waals surface area contributed by atoms with Crippen molar-refractivity contribution in [2.75, 3.05) is 11.5 Å². The smallest absolute Gasteiger partial charge is 0.408 e. The van der Waals surface area contributed by atoms with Gasteiger partial charge >= 0.3 is 18.0 Å². The second kappa shape index (κ2) is 13.9. The number of carbonyl (C=O) groups is 4. The van der Waals surface area contributed by atoms with Gasteiger partial charge in [0.25, 0.3) is 0 Å². The monoisotopic (exact) mass is 544 g/mol. The average molecular weight is 545 g/mol. The van der Waals surface area contributed by atoms with Crippen LogP contribution in [0.25, 0.3) is 0 Å². The predicted molar refractivity (Wildman–Crippen MR) is 147 cm³/mol. The largest absolute Gasteiger partial charge is 0.464 e. The van der Waals surface area contributed by atoms with E-state index in [-0.39, 0.29) is 38.6 Å². The van der Waals surface area contributed by atoms with E-state index in [1.165, 1.54) is 4.90 Å². The highest BCUT2D eigenvalue weighted by Crippen LogP contribution is 2.33. The number of nitrogens with one attached hydrogen (secondary N) is 1. The molecule has 1 aliphatic heterocycles. The number of hydrogen-bond donors (Lipinski definition) is 1. The number of alkyl carbamates (subject to hydrolysis) is 1. The van der Waals surface area contributed by atoms with Crippen molar-refractivity contribution in [3.63, 3.8) is 0 Å². The fourth-order valence-corrected chi connectivity index (χ4v) is 4.49. The maximum Gasteiger partial charge on any atom is 0.408 e. The Morgan fingerprint density at radius 3 is 2.08 bits per heavy atom. The van der Waals surface area contributed by atoms with Crippen LogP contribution < -0.4 is 10.2 Å². The van der Waals surface area contributed by atoms with Crippen molar-refractivity contribution in [3.8, 4) is 0 Å². The molecule has 1 heterocycles. The molecule has 0 aliphatic carbocycles. The topological polar surface area (TPSA) is 111 Å². The number of nitrogens with zero attached hydrogens (tertiary/aromatic N) is 1. The minimum Gasteiger partial charge on any atom is -0.464 e. The Morgan fingerprint density at radius 2 is 1.43 bits per heavy atom. The fourth-order valence-electron chi connectivity index (χ4n) is 4.49. The second-order valence-electron chi connectivity index (χ2n) is 9.26. The Labute approximate surface area is 233 Å². The number of esters is 2. The summed E-state index contributed by atoms with van der Waals surface area (Å²) in [6.07, 6.45) is -0.656. The number of ether oxygens (including phenoxy) is 3. The van der Waals surface area contributed by atoms with Crippen molar-refractivity contribution < 1.29 is 33.4 Å². The number of amides is 2. The van der Waals surface area contributed by atoms with E-state index in [0.717, 1.165) is 16.7 Å². The predicted octanol–water partition coefficient (Wildman–Crippen LogP) is 4.33. The van der Waals surface area contributed by atoms with Crippen molar-refractivity contribution in [1.82, 2.24) is 5.32 Å². The van der Waals surface area contributed by atoms with E-state index < -0.39 is 30.1 Å². The summed E-state index contributed by atoms with van der Waals surface area (Å²) in [4.78, 5) is 53.2. The zero-order chi connectivity index (χ0) is 28.3. The van der Waals surface area contributed by atoms with Crippen molar-refractivity contribution >= 4 is 29.6 Å². The van der Waals surface area contributed by atoms with Crippen LogP contribution in [0.5, 0.6) is 0 Å². The number of anilines is 1. The molecular weight excluding hydrogens is 512 g/mol. The van der Waals surface area contributed by atoms with Crippen LogP contribution in [0.2, 0.25) is 0 Å². The van der Waals surface area contributed by atoms with Gasteiger partial charge in [-0.1, -0.05) is 78.9 Å². The Balaban J connectivity index is 1.44. The molecule has 4 rings (SSSR count). The van der Waals surface area contributed by atoms with Crippen molar-refractivity contribution in [1.29, 1.82) is 0 Å². The number of benzene rings is 3. The average Bonchev–Trinajstić information content (AvgIpc) is 3.38. The minimum atomic E-state index is -1.14. The highest BCUT2D eigenvalue weighted by atomic mass is 16.6. The summed E-state index contributed by atoms with van der Waals surface area (Å²) in [5.41, 5.74) is 3.05. The molecule has 9 nitrogen and oxygen atoms in total. The first-order valence-electron chi connectivity index (χ1n) is 13.2. The third-order valence-corrected chi connectivity index (χ3v) is 6.46. The minimum absolute atomic E-state index is 0.00922. The molecule has 1 aliphatic rings. The number of para-hydroxylation sites is 1. The van der Waals surface area contributed by atoms with Crippen LogP contribution in [0.3, 0.4) is 0 Å². The van der Waals surface area contributed by atoms with Gasteiger partial charge in [0.05, 0.1) is 6.61 Å². The molecule has 0 unspecified atom stereocenters. The van der Waals surface area contributed by atoms with Gasteiger partial charge in [-0.3, -0.25) is 9.69 Å². The van der Waals surface area contributed by atoms with E-state index in [1.807, 2.05) is 72.8 Å². The molecular formula is C31H32N2O7. The molecule has 2 atom stereocenters. The lowest BCUT2D eigenvalue weighted by Gasteiger charge is -2.25. The van der Waals surface area contributed by atoms with Gasteiger partial charge in [-0.05, 0) is 36.1 Å². The van der Waals surface area contributed by atoms with Crippen molar-refractivity contribution in [3.05, 3.63) is 102 Å². The summed E-state index contributed by atoms with van der Waals surface area (Å²) in [7, 11) is 0. The van der Waals surface area contributed by atoms with Crippen molar-refractivity contribution in [2.24, 2.45) is 0 Å². The molecule has 0 bridgehead atoms. The summed E-state index contributed by atoms with van der Waals surface area (Å²) >= 11 is 0. The first kappa shape index (κ1) is 28.4. The fraction of sp³-hybridized carbons (Fsp3) is 0.290. The third kappa shape index (κ3) is 7.47. The molecule has 9 heteroatoms. The summed E-state index contributed by atoms with van der Waals surface area (Å²) in [5.74, 6) is -1.56. The van der Waals surface area contributed by atoms with Gasteiger partial charge in [0, 0.05) is 18.5 Å². The van der Waals surface area contributed by atoms with Gasteiger partial charge in [-0.25, -0.2) is 14.4 Å². The third-order valence-electron chi connectivity index (χ3n) is 6.46. The normalized spacial score (nSPS) is 14.5. The molecule has 1 N–H and O–H groups in total. The molecule has 0 saturated carbocycles. The molecule has 0 radical (unpaired) electrons. The standard InChI is InChI=1S/C31H32N2O7/c1-2-38-30(36)27-19-24-15-9-10-16-26(24)33(27)28(34)18-17-25(29(35)39-20-22-11-5-3-6-12-22)32-31(37)40-21-23-13-7-4-8-14-23/h3-16,25,27H,2,17-21H2,1H3,(H,32,37)/t25-,27+/m1/s1. The van der Waals surface area contributed by atoms with E-state index in [1.54, 1.807) is 19.1 Å². The van der Waals surface area contributed by atoms with E-state index in [9.17, 15) is 19.2 Å². The zero-order valence-corrected chi connectivity index (χ0v) is 22.3. The molecule has 0 aromatic heterocycles. The zero-order valence-electron chi connectivity index (χ0n) is 22.3. The van der Waals surface area contributed by atoms with Crippen LogP contribution in [0.4, 0.5) is 10.5 Å². The molecule has 0 saturated heterocycles.